The molecule has 1 atom stereocenters. The van der Waals surface area contributed by atoms with E-state index in [1.807, 2.05) is 0 Å². The Bertz CT molecular complexity index is 395. The molecule has 2 N–H and O–H groups in total. The van der Waals surface area contributed by atoms with Crippen molar-refractivity contribution in [1.82, 2.24) is 5.48 Å². The molecule has 0 bridgehead atoms. The second-order valence-electron chi connectivity index (χ2n) is 4.55. The zero-order chi connectivity index (χ0) is 13.0. The van der Waals surface area contributed by atoms with Crippen molar-refractivity contribution in [1.29, 1.82) is 0 Å². The van der Waals surface area contributed by atoms with Gasteiger partial charge in [-0.25, -0.2) is 8.78 Å². The summed E-state index contributed by atoms with van der Waals surface area (Å²) in [5, 5.41) is 9.75. The highest BCUT2D eigenvalue weighted by molar-refractivity contribution is 5.21. The normalized spacial score (nSPS) is 18.2. The molecule has 0 aromatic heterocycles. The molecule has 18 heavy (non-hydrogen) atoms. The van der Waals surface area contributed by atoms with Crippen LogP contribution in [0.15, 0.2) is 18.2 Å². The third kappa shape index (κ3) is 3.48. The van der Waals surface area contributed by atoms with Gasteiger partial charge in [0.25, 0.3) is 0 Å². The summed E-state index contributed by atoms with van der Waals surface area (Å²) in [4.78, 5) is 5.34. The van der Waals surface area contributed by atoms with E-state index in [-0.39, 0.29) is 18.2 Å². The van der Waals surface area contributed by atoms with Crippen molar-refractivity contribution < 1.29 is 18.7 Å². The fraction of sp³-hybridized carbons (Fsp3) is 0.538. The Morgan fingerprint density at radius 1 is 1.33 bits per heavy atom. The number of hydrogen-bond donors (Lipinski definition) is 2. The molecule has 0 saturated heterocycles. The van der Waals surface area contributed by atoms with Crippen LogP contribution in [-0.2, 0) is 4.84 Å². The predicted molar refractivity (Wildman–Crippen MR) is 62.7 cm³/mol. The number of aliphatic hydroxyl groups excluding tert-OH is 1. The van der Waals surface area contributed by atoms with Gasteiger partial charge in [0.05, 0.1) is 18.8 Å². The first-order valence-electron chi connectivity index (χ1n) is 6.18. The van der Waals surface area contributed by atoms with Crippen LogP contribution in [0.2, 0.25) is 0 Å². The minimum atomic E-state index is -1.12. The predicted octanol–water partition coefficient (Wildman–Crippen LogP) is 2.46. The van der Waals surface area contributed by atoms with Crippen LogP contribution >= 0.6 is 0 Å². The zero-order valence-electron chi connectivity index (χ0n) is 10.0. The molecule has 0 amide bonds. The van der Waals surface area contributed by atoms with Gasteiger partial charge >= 0.3 is 0 Å². The standard InChI is InChI=1S/C13H17F2NO2/c14-9-5-6-12(15)11(7-9)13(17)8-16-18-10-3-1-2-4-10/h5-7,10,13,16-17H,1-4,8H2. The van der Waals surface area contributed by atoms with Gasteiger partial charge in [-0.3, -0.25) is 4.84 Å². The molecule has 1 aliphatic rings. The maximum absolute atomic E-state index is 13.4. The van der Waals surface area contributed by atoms with Gasteiger partial charge in [-0.15, -0.1) is 0 Å². The van der Waals surface area contributed by atoms with E-state index in [1.54, 1.807) is 0 Å². The Morgan fingerprint density at radius 2 is 2.06 bits per heavy atom. The molecule has 1 aromatic carbocycles. The molecule has 2 rings (SSSR count). The third-order valence-electron chi connectivity index (χ3n) is 3.15. The van der Waals surface area contributed by atoms with Crippen molar-refractivity contribution in [2.75, 3.05) is 6.54 Å². The van der Waals surface area contributed by atoms with Crippen LogP contribution in [0.25, 0.3) is 0 Å². The molecule has 1 unspecified atom stereocenters. The molecule has 1 saturated carbocycles. The van der Waals surface area contributed by atoms with Gasteiger partial charge in [0.15, 0.2) is 0 Å². The van der Waals surface area contributed by atoms with Crippen LogP contribution in [0.3, 0.4) is 0 Å². The molecule has 5 heteroatoms. The fourth-order valence-corrected chi connectivity index (χ4v) is 2.13. The highest BCUT2D eigenvalue weighted by Gasteiger charge is 2.17. The molecule has 1 fully saturated rings. The van der Waals surface area contributed by atoms with E-state index in [1.165, 1.54) is 0 Å². The first-order chi connectivity index (χ1) is 8.66. The lowest BCUT2D eigenvalue weighted by Gasteiger charge is -2.15. The number of benzene rings is 1. The molecule has 3 nitrogen and oxygen atoms in total. The SMILES string of the molecule is OC(CNOC1CCCC1)c1cc(F)ccc1F. The topological polar surface area (TPSA) is 41.5 Å². The Kier molecular flexibility index (Phi) is 4.63. The van der Waals surface area contributed by atoms with Gasteiger partial charge < -0.3 is 5.11 Å². The largest absolute Gasteiger partial charge is 0.387 e. The number of aliphatic hydroxyl groups is 1. The van der Waals surface area contributed by atoms with E-state index in [4.69, 9.17) is 4.84 Å². The average molecular weight is 257 g/mol. The highest BCUT2D eigenvalue weighted by atomic mass is 19.1. The van der Waals surface area contributed by atoms with Crippen LogP contribution in [0.1, 0.15) is 37.4 Å². The van der Waals surface area contributed by atoms with Crippen molar-refractivity contribution >= 4 is 0 Å². The molecule has 1 aromatic rings. The minimum Gasteiger partial charge on any atom is -0.387 e. The van der Waals surface area contributed by atoms with Gasteiger partial charge in [0.1, 0.15) is 11.6 Å². The van der Waals surface area contributed by atoms with Gasteiger partial charge in [-0.05, 0) is 31.0 Å². The van der Waals surface area contributed by atoms with Crippen molar-refractivity contribution in [3.8, 4) is 0 Å². The summed E-state index contributed by atoms with van der Waals surface area (Å²) in [6, 6.07) is 3.02. The Labute approximate surface area is 105 Å². The van der Waals surface area contributed by atoms with E-state index < -0.39 is 17.7 Å². The fourth-order valence-electron chi connectivity index (χ4n) is 2.13. The summed E-state index contributed by atoms with van der Waals surface area (Å²) in [7, 11) is 0. The van der Waals surface area contributed by atoms with E-state index in [2.05, 4.69) is 5.48 Å². The van der Waals surface area contributed by atoms with Crippen LogP contribution < -0.4 is 5.48 Å². The van der Waals surface area contributed by atoms with E-state index >= 15 is 0 Å². The Hall–Kier alpha value is -1.04. The molecular formula is C13H17F2NO2. The van der Waals surface area contributed by atoms with E-state index in [9.17, 15) is 13.9 Å². The number of hydroxylamine groups is 1. The molecule has 0 spiro atoms. The third-order valence-corrected chi connectivity index (χ3v) is 3.15. The number of nitrogens with one attached hydrogen (secondary N) is 1. The first kappa shape index (κ1) is 13.4. The second kappa shape index (κ2) is 6.22. The quantitative estimate of drug-likeness (QED) is 0.796. The van der Waals surface area contributed by atoms with Crippen molar-refractivity contribution in [2.24, 2.45) is 0 Å². The van der Waals surface area contributed by atoms with Crippen molar-refractivity contribution in [3.05, 3.63) is 35.4 Å². The van der Waals surface area contributed by atoms with Crippen LogP contribution in [0.5, 0.6) is 0 Å². The van der Waals surface area contributed by atoms with Crippen LogP contribution in [0, 0.1) is 11.6 Å². The Morgan fingerprint density at radius 3 is 2.78 bits per heavy atom. The molecule has 1 aliphatic carbocycles. The van der Waals surface area contributed by atoms with Crippen molar-refractivity contribution in [2.45, 2.75) is 37.9 Å². The molecule has 0 heterocycles. The lowest BCUT2D eigenvalue weighted by atomic mass is 10.1. The number of rotatable bonds is 5. The minimum absolute atomic E-state index is 0.0386. The van der Waals surface area contributed by atoms with Gasteiger partial charge in [0, 0.05) is 5.56 Å². The maximum Gasteiger partial charge on any atom is 0.129 e. The molecular weight excluding hydrogens is 240 g/mol. The molecule has 100 valence electrons. The van der Waals surface area contributed by atoms with Crippen molar-refractivity contribution in [3.63, 3.8) is 0 Å². The molecule has 0 aliphatic heterocycles. The summed E-state index contributed by atoms with van der Waals surface area (Å²) in [6.45, 7) is 0.0386. The number of hydrogen-bond acceptors (Lipinski definition) is 3. The smallest absolute Gasteiger partial charge is 0.129 e. The molecule has 0 radical (unpaired) electrons. The van der Waals surface area contributed by atoms with Crippen LogP contribution in [0.4, 0.5) is 8.78 Å². The monoisotopic (exact) mass is 257 g/mol. The number of halogens is 2. The summed E-state index contributed by atoms with van der Waals surface area (Å²) in [6.07, 6.45) is 3.33. The summed E-state index contributed by atoms with van der Waals surface area (Å²) in [5.41, 5.74) is 2.58. The van der Waals surface area contributed by atoms with E-state index in [0.717, 1.165) is 43.9 Å². The summed E-state index contributed by atoms with van der Waals surface area (Å²) < 4.78 is 26.3. The Balaban J connectivity index is 1.83. The maximum atomic E-state index is 13.4. The lowest BCUT2D eigenvalue weighted by Crippen LogP contribution is -2.26. The van der Waals surface area contributed by atoms with Gasteiger partial charge in [-0.2, -0.15) is 5.48 Å². The highest BCUT2D eigenvalue weighted by Crippen LogP contribution is 2.21. The van der Waals surface area contributed by atoms with Gasteiger partial charge in [0.2, 0.25) is 0 Å². The van der Waals surface area contributed by atoms with Crippen LogP contribution in [-0.4, -0.2) is 17.8 Å². The first-order valence-corrected chi connectivity index (χ1v) is 6.18. The summed E-state index contributed by atoms with van der Waals surface area (Å²) >= 11 is 0. The van der Waals surface area contributed by atoms with Gasteiger partial charge in [-0.1, -0.05) is 12.8 Å². The second-order valence-corrected chi connectivity index (χ2v) is 4.55. The zero-order valence-corrected chi connectivity index (χ0v) is 10.0. The average Bonchev–Trinajstić information content (AvgIpc) is 2.85. The van der Waals surface area contributed by atoms with E-state index in [0.29, 0.717) is 0 Å². The summed E-state index contributed by atoms with van der Waals surface area (Å²) in [5.74, 6) is -1.19. The lowest BCUT2D eigenvalue weighted by molar-refractivity contribution is -0.0375.